The summed E-state index contributed by atoms with van der Waals surface area (Å²) in [7, 11) is -3.75. The average molecular weight is 532 g/mol. The van der Waals surface area contributed by atoms with Crippen LogP contribution in [-0.4, -0.2) is 36.6 Å². The molecular formula is C29H33N5O3S. The number of sulfonamides is 1. The maximum Gasteiger partial charge on any atom is 0.244 e. The largest absolute Gasteiger partial charge is 0.507 e. The summed E-state index contributed by atoms with van der Waals surface area (Å²) in [6.07, 6.45) is 3.87. The van der Waals surface area contributed by atoms with E-state index in [1.54, 1.807) is 6.07 Å². The molecule has 9 heteroatoms. The molecule has 1 aliphatic carbocycles. The smallest absolute Gasteiger partial charge is 0.244 e. The van der Waals surface area contributed by atoms with Crippen LogP contribution in [0.3, 0.4) is 0 Å². The summed E-state index contributed by atoms with van der Waals surface area (Å²) in [5.41, 5.74) is 2.65. The van der Waals surface area contributed by atoms with E-state index in [2.05, 4.69) is 15.4 Å². The predicted molar refractivity (Wildman–Crippen MR) is 151 cm³/mol. The van der Waals surface area contributed by atoms with Crippen LogP contribution in [0.4, 0.5) is 17.5 Å². The number of hydrogen-bond acceptors (Lipinski definition) is 7. The third-order valence-corrected chi connectivity index (χ3v) is 8.59. The Morgan fingerprint density at radius 3 is 2.29 bits per heavy atom. The van der Waals surface area contributed by atoms with Gasteiger partial charge in [0.25, 0.3) is 0 Å². The van der Waals surface area contributed by atoms with Crippen LogP contribution in [0.1, 0.15) is 31.2 Å². The molecule has 0 unspecified atom stereocenters. The molecule has 4 N–H and O–H groups in total. The monoisotopic (exact) mass is 531 g/mol. The zero-order valence-electron chi connectivity index (χ0n) is 21.4. The number of aryl methyl sites for hydroxylation is 1. The Hall–Kier alpha value is -3.69. The van der Waals surface area contributed by atoms with Gasteiger partial charge in [-0.25, -0.2) is 18.1 Å². The quantitative estimate of drug-likeness (QED) is 0.223. The molecule has 5 rings (SSSR count). The molecule has 0 bridgehead atoms. The lowest BCUT2D eigenvalue weighted by Gasteiger charge is -2.28. The normalized spacial score (nSPS) is 17.8. The molecule has 198 valence electrons. The van der Waals surface area contributed by atoms with E-state index in [0.29, 0.717) is 18.4 Å². The maximum atomic E-state index is 12.7. The highest BCUT2D eigenvalue weighted by molar-refractivity contribution is 7.89. The van der Waals surface area contributed by atoms with Gasteiger partial charge in [0.05, 0.1) is 5.52 Å². The van der Waals surface area contributed by atoms with Crippen LogP contribution in [0, 0.1) is 18.8 Å². The number of hydrogen-bond donors (Lipinski definition) is 4. The molecule has 1 fully saturated rings. The Morgan fingerprint density at radius 2 is 1.55 bits per heavy atom. The number of fused-ring (bicyclic) bond motifs is 1. The van der Waals surface area contributed by atoms with Crippen molar-refractivity contribution in [3.63, 3.8) is 0 Å². The third-order valence-electron chi connectivity index (χ3n) is 7.12. The number of anilines is 3. The van der Waals surface area contributed by atoms with Gasteiger partial charge in [-0.2, -0.15) is 4.98 Å². The lowest BCUT2D eigenvalue weighted by atomic mass is 9.82. The molecular weight excluding hydrogens is 498 g/mol. The van der Waals surface area contributed by atoms with E-state index in [1.165, 1.54) is 12.1 Å². The van der Waals surface area contributed by atoms with E-state index in [4.69, 9.17) is 9.97 Å². The maximum absolute atomic E-state index is 12.7. The van der Waals surface area contributed by atoms with Gasteiger partial charge in [0.2, 0.25) is 16.0 Å². The molecule has 0 saturated heterocycles. The molecule has 0 radical (unpaired) electrons. The highest BCUT2D eigenvalue weighted by Crippen LogP contribution is 2.30. The van der Waals surface area contributed by atoms with Gasteiger partial charge in [-0.3, -0.25) is 0 Å². The molecule has 0 atom stereocenters. The van der Waals surface area contributed by atoms with Crippen LogP contribution in [0.15, 0.2) is 77.7 Å². The summed E-state index contributed by atoms with van der Waals surface area (Å²) in [5, 5.41) is 17.9. The number of para-hydroxylation sites is 2. The SMILES string of the molecule is Cc1ccc(S(=O)(=O)NC[C@H]2CC[C@H](CNc3nc(Nc4ccccc4)c4ccccc4n3)CC2)c(O)c1. The first kappa shape index (κ1) is 25.9. The fraction of sp³-hybridized carbons (Fsp3) is 0.310. The molecule has 0 spiro atoms. The van der Waals surface area contributed by atoms with E-state index < -0.39 is 10.0 Å². The second kappa shape index (κ2) is 11.4. The van der Waals surface area contributed by atoms with Crippen LogP contribution in [0.25, 0.3) is 10.9 Å². The minimum Gasteiger partial charge on any atom is -0.507 e. The van der Waals surface area contributed by atoms with Gasteiger partial charge in [0.15, 0.2) is 0 Å². The van der Waals surface area contributed by atoms with Gasteiger partial charge in [-0.15, -0.1) is 0 Å². The van der Waals surface area contributed by atoms with E-state index >= 15 is 0 Å². The zero-order chi connectivity index (χ0) is 26.5. The molecule has 1 saturated carbocycles. The summed E-state index contributed by atoms with van der Waals surface area (Å²) >= 11 is 0. The number of aromatic nitrogens is 2. The summed E-state index contributed by atoms with van der Waals surface area (Å²) < 4.78 is 28.0. The summed E-state index contributed by atoms with van der Waals surface area (Å²) in [6, 6.07) is 22.5. The van der Waals surface area contributed by atoms with Crippen molar-refractivity contribution in [2.75, 3.05) is 23.7 Å². The van der Waals surface area contributed by atoms with Crippen molar-refractivity contribution in [2.24, 2.45) is 11.8 Å². The summed E-state index contributed by atoms with van der Waals surface area (Å²) in [5.74, 6) is 1.87. The summed E-state index contributed by atoms with van der Waals surface area (Å²) in [6.45, 7) is 2.94. The predicted octanol–water partition coefficient (Wildman–Crippen LogP) is 5.58. The molecule has 0 aliphatic heterocycles. The summed E-state index contributed by atoms with van der Waals surface area (Å²) in [4.78, 5) is 9.41. The Kier molecular flexibility index (Phi) is 7.76. The van der Waals surface area contributed by atoms with Crippen molar-refractivity contribution in [2.45, 2.75) is 37.5 Å². The van der Waals surface area contributed by atoms with E-state index in [0.717, 1.165) is 60.2 Å². The second-order valence-electron chi connectivity index (χ2n) is 9.99. The van der Waals surface area contributed by atoms with Crippen molar-refractivity contribution in [3.05, 3.63) is 78.4 Å². The fourth-order valence-corrected chi connectivity index (χ4v) is 6.14. The Bertz CT molecular complexity index is 1500. The lowest BCUT2D eigenvalue weighted by Crippen LogP contribution is -2.32. The van der Waals surface area contributed by atoms with Crippen molar-refractivity contribution in [1.82, 2.24) is 14.7 Å². The molecule has 1 aliphatic rings. The van der Waals surface area contributed by atoms with Crippen molar-refractivity contribution < 1.29 is 13.5 Å². The van der Waals surface area contributed by atoms with Crippen molar-refractivity contribution in [1.29, 1.82) is 0 Å². The van der Waals surface area contributed by atoms with Crippen molar-refractivity contribution in [3.8, 4) is 5.75 Å². The highest BCUT2D eigenvalue weighted by Gasteiger charge is 2.25. The van der Waals surface area contributed by atoms with Crippen LogP contribution < -0.4 is 15.4 Å². The van der Waals surface area contributed by atoms with Gasteiger partial charge >= 0.3 is 0 Å². The Balaban J connectivity index is 1.16. The van der Waals surface area contributed by atoms with Gasteiger partial charge < -0.3 is 15.7 Å². The van der Waals surface area contributed by atoms with Gasteiger partial charge in [-0.05, 0) is 86.4 Å². The van der Waals surface area contributed by atoms with E-state index in [1.807, 2.05) is 61.5 Å². The first-order chi connectivity index (χ1) is 18.4. The number of rotatable bonds is 9. The first-order valence-corrected chi connectivity index (χ1v) is 14.5. The standard InChI is InChI=1S/C29H33N5O3S/c1-20-11-16-27(26(35)17-20)38(36,37)31-19-22-14-12-21(13-15-22)18-30-29-33-25-10-6-5-9-24(25)28(34-29)32-23-7-3-2-4-8-23/h2-11,16-17,21-22,31,35H,12-15,18-19H2,1H3,(H2,30,32,33,34)/t21-,22-. The minimum atomic E-state index is -3.75. The van der Waals surface area contributed by atoms with E-state index in [9.17, 15) is 13.5 Å². The zero-order valence-corrected chi connectivity index (χ0v) is 22.2. The topological polar surface area (TPSA) is 116 Å². The second-order valence-corrected chi connectivity index (χ2v) is 11.7. The number of nitrogens with one attached hydrogen (secondary N) is 3. The highest BCUT2D eigenvalue weighted by atomic mass is 32.2. The number of nitrogens with zero attached hydrogens (tertiary/aromatic N) is 2. The molecule has 4 aromatic rings. The van der Waals surface area contributed by atoms with Crippen LogP contribution >= 0.6 is 0 Å². The minimum absolute atomic E-state index is 0.0718. The molecule has 38 heavy (non-hydrogen) atoms. The van der Waals surface area contributed by atoms with Gasteiger partial charge in [0.1, 0.15) is 16.5 Å². The van der Waals surface area contributed by atoms with Crippen LogP contribution in [0.5, 0.6) is 5.75 Å². The molecule has 0 amide bonds. The van der Waals surface area contributed by atoms with Crippen LogP contribution in [-0.2, 0) is 10.0 Å². The number of phenols is 1. The lowest BCUT2D eigenvalue weighted by molar-refractivity contribution is 0.284. The number of aromatic hydroxyl groups is 1. The Labute approximate surface area is 223 Å². The molecule has 1 heterocycles. The average Bonchev–Trinajstić information content (AvgIpc) is 2.92. The first-order valence-electron chi connectivity index (χ1n) is 13.0. The van der Waals surface area contributed by atoms with Crippen LogP contribution in [0.2, 0.25) is 0 Å². The molecule has 3 aromatic carbocycles. The molecule has 1 aromatic heterocycles. The molecule has 8 nitrogen and oxygen atoms in total. The van der Waals surface area contributed by atoms with Gasteiger partial charge in [0, 0.05) is 24.2 Å². The number of benzene rings is 3. The Morgan fingerprint density at radius 1 is 0.868 bits per heavy atom. The van der Waals surface area contributed by atoms with E-state index in [-0.39, 0.29) is 16.6 Å². The number of phenolic OH excluding ortho intramolecular Hbond substituents is 1. The fourth-order valence-electron chi connectivity index (χ4n) is 4.94. The third kappa shape index (κ3) is 6.23. The van der Waals surface area contributed by atoms with Crippen molar-refractivity contribution >= 4 is 38.4 Å². The van der Waals surface area contributed by atoms with Gasteiger partial charge in [-0.1, -0.05) is 36.4 Å².